The van der Waals surface area contributed by atoms with Crippen LogP contribution in [0.1, 0.15) is 36.1 Å². The lowest BCUT2D eigenvalue weighted by Crippen LogP contribution is -2.44. The molecule has 1 aromatic heterocycles. The van der Waals surface area contributed by atoms with Crippen molar-refractivity contribution in [2.24, 2.45) is 5.92 Å². The van der Waals surface area contributed by atoms with Crippen LogP contribution in [0.15, 0.2) is 79.5 Å². The zero-order chi connectivity index (χ0) is 26.6. The second kappa shape index (κ2) is 10.9. The Morgan fingerprint density at radius 2 is 2.00 bits per heavy atom. The Hall–Kier alpha value is -4.15. The van der Waals surface area contributed by atoms with Gasteiger partial charge in [-0.25, -0.2) is 0 Å². The number of allylic oxidation sites excluding steroid dienone is 1. The molecule has 0 saturated carbocycles. The molecule has 1 amide bonds. The quantitative estimate of drug-likeness (QED) is 0.233. The number of nitrogens with zero attached hydrogens (tertiary/aromatic N) is 5. The molecule has 2 heterocycles. The molecule has 2 aromatic carbocycles. The normalized spacial score (nSPS) is 18.7. The Morgan fingerprint density at radius 1 is 1.24 bits per heavy atom. The Morgan fingerprint density at radius 3 is 2.68 bits per heavy atom. The maximum atomic E-state index is 13.2. The third-order valence-corrected chi connectivity index (χ3v) is 6.68. The summed E-state index contributed by atoms with van der Waals surface area (Å²) in [6.07, 6.45) is 7.45. The summed E-state index contributed by atoms with van der Waals surface area (Å²) in [6, 6.07) is 13.7. The fourth-order valence-electron chi connectivity index (χ4n) is 4.64. The highest BCUT2D eigenvalue weighted by Gasteiger charge is 2.52. The minimum Gasteiger partial charge on any atom is -0.395 e. The Balaban J connectivity index is 1.47. The number of nitro groups is 1. The zero-order valence-electron chi connectivity index (χ0n) is 20.5. The smallest absolute Gasteiger partial charge is 0.269 e. The number of anilines is 1. The first-order valence-electron chi connectivity index (χ1n) is 12.0. The first kappa shape index (κ1) is 25.9. The van der Waals surface area contributed by atoms with Crippen molar-refractivity contribution in [1.29, 1.82) is 0 Å². The van der Waals surface area contributed by atoms with Gasteiger partial charge in [-0.15, -0.1) is 11.7 Å². The molecule has 1 unspecified atom stereocenters. The number of carbonyl (C=O) groups excluding carboxylic acids is 1. The number of aromatic nitrogens is 3. The summed E-state index contributed by atoms with van der Waals surface area (Å²) in [5, 5.41) is 41.1. The molecule has 0 aliphatic carbocycles. The standard InChI is InChI=1S/C27H29N5O5/c1-3-14-31-25-13-12-21(32(36)37)16-23(25)27(35,26(31)34)19(2)9-7-8-15-30-17-24(28-29-30)22(18-33)20-10-5-4-6-11-20/h3-7,9-13,16-17,19,22,33,35H,1,8,14-15,18H2,2H3/b9-7+/t19-,22?,27+/m1/s1. The van der Waals surface area contributed by atoms with Crippen molar-refractivity contribution in [1.82, 2.24) is 15.0 Å². The van der Waals surface area contributed by atoms with E-state index in [-0.39, 0.29) is 30.3 Å². The first-order chi connectivity index (χ1) is 17.8. The van der Waals surface area contributed by atoms with Gasteiger partial charge in [0.2, 0.25) is 0 Å². The second-order valence-electron chi connectivity index (χ2n) is 8.99. The fraction of sp³-hybridized carbons (Fsp3) is 0.296. The topological polar surface area (TPSA) is 135 Å². The van der Waals surface area contributed by atoms with E-state index >= 15 is 0 Å². The molecule has 0 spiro atoms. The van der Waals surface area contributed by atoms with Crippen LogP contribution in [0.5, 0.6) is 0 Å². The van der Waals surface area contributed by atoms with Gasteiger partial charge in [0.15, 0.2) is 5.60 Å². The number of aliphatic hydroxyl groups is 2. The number of rotatable bonds is 11. The molecule has 3 aromatic rings. The van der Waals surface area contributed by atoms with E-state index < -0.39 is 22.3 Å². The monoisotopic (exact) mass is 503 g/mol. The molecule has 37 heavy (non-hydrogen) atoms. The Labute approximate surface area is 214 Å². The number of aliphatic hydroxyl groups excluding tert-OH is 1. The van der Waals surface area contributed by atoms with Gasteiger partial charge in [-0.2, -0.15) is 0 Å². The lowest BCUT2D eigenvalue weighted by molar-refractivity contribution is -0.385. The molecular formula is C27H29N5O5. The van der Waals surface area contributed by atoms with Crippen molar-refractivity contribution in [3.8, 4) is 0 Å². The number of hydrogen-bond acceptors (Lipinski definition) is 7. The van der Waals surface area contributed by atoms with E-state index in [4.69, 9.17) is 0 Å². The molecule has 10 heteroatoms. The molecule has 4 rings (SSSR count). The van der Waals surface area contributed by atoms with Crippen molar-refractivity contribution in [2.45, 2.75) is 31.4 Å². The van der Waals surface area contributed by atoms with E-state index in [0.29, 0.717) is 24.3 Å². The van der Waals surface area contributed by atoms with Crippen LogP contribution in [0.25, 0.3) is 0 Å². The second-order valence-corrected chi connectivity index (χ2v) is 8.99. The van der Waals surface area contributed by atoms with Crippen molar-refractivity contribution in [2.75, 3.05) is 18.1 Å². The number of non-ortho nitro benzene ring substituents is 1. The predicted octanol–water partition coefficient (Wildman–Crippen LogP) is 3.31. The SMILES string of the molecule is C=CCN1C(=O)[C@](O)([C@H](C)/C=C/CCn2cc(C(CO)c3ccccc3)nn2)c2cc([N+](=O)[O-])ccc21. The third kappa shape index (κ3) is 4.93. The lowest BCUT2D eigenvalue weighted by Gasteiger charge is -2.27. The van der Waals surface area contributed by atoms with E-state index in [0.717, 1.165) is 5.56 Å². The molecule has 0 saturated heterocycles. The summed E-state index contributed by atoms with van der Waals surface area (Å²) in [6.45, 7) is 5.96. The van der Waals surface area contributed by atoms with Crippen molar-refractivity contribution < 1.29 is 19.9 Å². The van der Waals surface area contributed by atoms with Gasteiger partial charge in [0.05, 0.1) is 28.8 Å². The molecule has 1 aliphatic rings. The fourth-order valence-corrected chi connectivity index (χ4v) is 4.64. The van der Waals surface area contributed by atoms with E-state index in [1.54, 1.807) is 30.0 Å². The predicted molar refractivity (Wildman–Crippen MR) is 138 cm³/mol. The number of carbonyl (C=O) groups is 1. The number of aryl methyl sites for hydroxylation is 1. The van der Waals surface area contributed by atoms with Gasteiger partial charge in [0.1, 0.15) is 0 Å². The summed E-state index contributed by atoms with van der Waals surface area (Å²) in [5.74, 6) is -1.47. The first-order valence-corrected chi connectivity index (χ1v) is 12.0. The van der Waals surface area contributed by atoms with Crippen LogP contribution in [0.2, 0.25) is 0 Å². The van der Waals surface area contributed by atoms with Crippen LogP contribution >= 0.6 is 0 Å². The van der Waals surface area contributed by atoms with Gasteiger partial charge in [-0.05, 0) is 18.1 Å². The largest absolute Gasteiger partial charge is 0.395 e. The van der Waals surface area contributed by atoms with Crippen molar-refractivity contribution in [3.63, 3.8) is 0 Å². The van der Waals surface area contributed by atoms with E-state index in [9.17, 15) is 25.1 Å². The van der Waals surface area contributed by atoms with Crippen molar-refractivity contribution >= 4 is 17.3 Å². The van der Waals surface area contributed by atoms with Crippen LogP contribution in [0.3, 0.4) is 0 Å². The van der Waals surface area contributed by atoms with Crippen LogP contribution < -0.4 is 4.90 Å². The van der Waals surface area contributed by atoms with Gasteiger partial charge >= 0.3 is 0 Å². The average Bonchev–Trinajstić information content (AvgIpc) is 3.45. The zero-order valence-corrected chi connectivity index (χ0v) is 20.5. The lowest BCUT2D eigenvalue weighted by atomic mass is 9.82. The maximum absolute atomic E-state index is 13.2. The van der Waals surface area contributed by atoms with Gasteiger partial charge in [-0.3, -0.25) is 19.6 Å². The van der Waals surface area contributed by atoms with Gasteiger partial charge in [-0.1, -0.05) is 60.7 Å². The Kier molecular flexibility index (Phi) is 7.61. The highest BCUT2D eigenvalue weighted by molar-refractivity contribution is 6.07. The van der Waals surface area contributed by atoms with Gasteiger partial charge in [0.25, 0.3) is 11.6 Å². The van der Waals surface area contributed by atoms with Gasteiger partial charge < -0.3 is 15.1 Å². The summed E-state index contributed by atoms with van der Waals surface area (Å²) >= 11 is 0. The highest BCUT2D eigenvalue weighted by Crippen LogP contribution is 2.46. The molecule has 10 nitrogen and oxygen atoms in total. The summed E-state index contributed by atoms with van der Waals surface area (Å²) < 4.78 is 1.68. The summed E-state index contributed by atoms with van der Waals surface area (Å²) in [7, 11) is 0. The summed E-state index contributed by atoms with van der Waals surface area (Å²) in [5.41, 5.74) is 0.127. The van der Waals surface area contributed by atoms with Crippen LogP contribution in [0, 0.1) is 16.0 Å². The van der Waals surface area contributed by atoms with Crippen LogP contribution in [-0.2, 0) is 16.9 Å². The van der Waals surface area contributed by atoms with Crippen LogP contribution in [-0.4, -0.2) is 49.2 Å². The highest BCUT2D eigenvalue weighted by atomic mass is 16.6. The van der Waals surface area contributed by atoms with E-state index in [1.165, 1.54) is 23.1 Å². The number of amides is 1. The van der Waals surface area contributed by atoms with Crippen molar-refractivity contribution in [3.05, 3.63) is 106 Å². The number of hydrogen-bond donors (Lipinski definition) is 2. The number of benzene rings is 2. The third-order valence-electron chi connectivity index (χ3n) is 6.68. The number of fused-ring (bicyclic) bond motifs is 1. The molecule has 3 atom stereocenters. The molecule has 0 fully saturated rings. The number of nitro benzene ring substituents is 1. The van der Waals surface area contributed by atoms with E-state index in [2.05, 4.69) is 16.9 Å². The Bertz CT molecular complexity index is 1320. The average molecular weight is 504 g/mol. The molecule has 1 aliphatic heterocycles. The van der Waals surface area contributed by atoms with E-state index in [1.807, 2.05) is 36.4 Å². The van der Waals surface area contributed by atoms with Gasteiger partial charge in [0, 0.05) is 42.9 Å². The summed E-state index contributed by atoms with van der Waals surface area (Å²) in [4.78, 5) is 25.4. The molecule has 2 N–H and O–H groups in total. The maximum Gasteiger partial charge on any atom is 0.269 e. The minimum absolute atomic E-state index is 0.0881. The molecule has 192 valence electrons. The van der Waals surface area contributed by atoms with Crippen LogP contribution in [0.4, 0.5) is 11.4 Å². The molecule has 0 radical (unpaired) electrons. The molecule has 0 bridgehead atoms. The molecular weight excluding hydrogens is 474 g/mol. The minimum atomic E-state index is -1.94.